The zero-order valence-corrected chi connectivity index (χ0v) is 11.7. The van der Waals surface area contributed by atoms with Crippen molar-refractivity contribution < 1.29 is 9.53 Å². The highest BCUT2D eigenvalue weighted by Gasteiger charge is 2.50. The van der Waals surface area contributed by atoms with Crippen molar-refractivity contribution in [2.24, 2.45) is 5.92 Å². The highest BCUT2D eigenvalue weighted by Crippen LogP contribution is 2.48. The van der Waals surface area contributed by atoms with E-state index in [1.54, 1.807) is 0 Å². The number of amides is 1. The number of nitrogens with two attached hydrogens (primary N) is 1. The maximum absolute atomic E-state index is 12.3. The van der Waals surface area contributed by atoms with Gasteiger partial charge in [0.25, 0.3) is 0 Å². The SMILES string of the molecule is Nc1ccc(C2(C(=O)NCCOCC3CC3)CC2)cc1. The summed E-state index contributed by atoms with van der Waals surface area (Å²) in [5, 5.41) is 3.00. The van der Waals surface area contributed by atoms with Gasteiger partial charge in [0.1, 0.15) is 0 Å². The first-order valence-electron chi connectivity index (χ1n) is 7.43. The summed E-state index contributed by atoms with van der Waals surface area (Å²) < 4.78 is 5.53. The van der Waals surface area contributed by atoms with Gasteiger partial charge in [-0.25, -0.2) is 0 Å². The van der Waals surface area contributed by atoms with E-state index < -0.39 is 0 Å². The Morgan fingerprint density at radius 3 is 2.60 bits per heavy atom. The Hall–Kier alpha value is -1.55. The molecule has 108 valence electrons. The van der Waals surface area contributed by atoms with Crippen molar-refractivity contribution in [3.05, 3.63) is 29.8 Å². The summed E-state index contributed by atoms with van der Waals surface area (Å²) in [6, 6.07) is 7.65. The molecule has 20 heavy (non-hydrogen) atoms. The molecule has 2 aliphatic rings. The molecule has 3 rings (SSSR count). The molecule has 4 heteroatoms. The summed E-state index contributed by atoms with van der Waals surface area (Å²) in [5.41, 5.74) is 7.18. The minimum Gasteiger partial charge on any atom is -0.399 e. The van der Waals surface area contributed by atoms with Gasteiger partial charge in [0.15, 0.2) is 0 Å². The number of hydrogen-bond donors (Lipinski definition) is 2. The fourth-order valence-corrected chi connectivity index (χ4v) is 2.51. The lowest BCUT2D eigenvalue weighted by molar-refractivity contribution is -0.123. The predicted octanol–water partition coefficient (Wildman–Crippen LogP) is 1.84. The Morgan fingerprint density at radius 1 is 1.30 bits per heavy atom. The number of carbonyl (C=O) groups is 1. The molecule has 3 N–H and O–H groups in total. The molecule has 2 aliphatic carbocycles. The number of ether oxygens (including phenoxy) is 1. The second-order valence-electron chi connectivity index (χ2n) is 5.98. The van der Waals surface area contributed by atoms with Crippen molar-refractivity contribution in [3.8, 4) is 0 Å². The first-order chi connectivity index (χ1) is 9.71. The second-order valence-corrected chi connectivity index (χ2v) is 5.98. The number of nitrogen functional groups attached to an aromatic ring is 1. The molecule has 2 saturated carbocycles. The van der Waals surface area contributed by atoms with E-state index in [1.165, 1.54) is 12.8 Å². The molecule has 0 radical (unpaired) electrons. The average molecular weight is 274 g/mol. The third-order valence-corrected chi connectivity index (χ3v) is 4.23. The Balaban J connectivity index is 1.47. The lowest BCUT2D eigenvalue weighted by Gasteiger charge is -2.16. The first-order valence-corrected chi connectivity index (χ1v) is 7.43. The molecule has 0 heterocycles. The van der Waals surface area contributed by atoms with Gasteiger partial charge in [-0.2, -0.15) is 0 Å². The zero-order valence-electron chi connectivity index (χ0n) is 11.7. The van der Waals surface area contributed by atoms with Gasteiger partial charge in [0, 0.05) is 18.8 Å². The van der Waals surface area contributed by atoms with E-state index in [2.05, 4.69) is 5.32 Å². The number of carbonyl (C=O) groups excluding carboxylic acids is 1. The highest BCUT2D eigenvalue weighted by atomic mass is 16.5. The van der Waals surface area contributed by atoms with Gasteiger partial charge in [0.2, 0.25) is 5.91 Å². The van der Waals surface area contributed by atoms with Crippen LogP contribution in [0.2, 0.25) is 0 Å². The summed E-state index contributed by atoms with van der Waals surface area (Å²) in [5.74, 6) is 0.896. The quantitative estimate of drug-likeness (QED) is 0.589. The van der Waals surface area contributed by atoms with Crippen molar-refractivity contribution in [1.82, 2.24) is 5.32 Å². The summed E-state index contributed by atoms with van der Waals surface area (Å²) in [4.78, 5) is 12.3. The maximum Gasteiger partial charge on any atom is 0.230 e. The van der Waals surface area contributed by atoms with Gasteiger partial charge >= 0.3 is 0 Å². The van der Waals surface area contributed by atoms with E-state index in [4.69, 9.17) is 10.5 Å². The van der Waals surface area contributed by atoms with E-state index >= 15 is 0 Å². The molecular weight excluding hydrogens is 252 g/mol. The summed E-state index contributed by atoms with van der Waals surface area (Å²) in [7, 11) is 0. The molecule has 0 aliphatic heterocycles. The third-order valence-electron chi connectivity index (χ3n) is 4.23. The van der Waals surface area contributed by atoms with Gasteiger partial charge in [-0.1, -0.05) is 12.1 Å². The van der Waals surface area contributed by atoms with Crippen LogP contribution in [0.15, 0.2) is 24.3 Å². The molecule has 0 bridgehead atoms. The van der Waals surface area contributed by atoms with Gasteiger partial charge in [-0.3, -0.25) is 4.79 Å². The summed E-state index contributed by atoms with van der Waals surface area (Å²) >= 11 is 0. The van der Waals surface area contributed by atoms with Gasteiger partial charge < -0.3 is 15.8 Å². The largest absolute Gasteiger partial charge is 0.399 e. The van der Waals surface area contributed by atoms with Crippen LogP contribution >= 0.6 is 0 Å². The number of anilines is 1. The standard InChI is InChI=1S/C16H22N2O2/c17-14-5-3-13(4-6-14)16(7-8-16)15(19)18-9-10-20-11-12-1-2-12/h3-6,12H,1-2,7-11,17H2,(H,18,19). The van der Waals surface area contributed by atoms with Crippen LogP contribution in [0, 0.1) is 5.92 Å². The van der Waals surface area contributed by atoms with Gasteiger partial charge in [-0.15, -0.1) is 0 Å². The maximum atomic E-state index is 12.3. The zero-order chi connectivity index (χ0) is 14.0. The van der Waals surface area contributed by atoms with Crippen molar-refractivity contribution in [1.29, 1.82) is 0 Å². The molecule has 1 amide bonds. The molecule has 2 fully saturated rings. The summed E-state index contributed by atoms with van der Waals surface area (Å²) in [6.45, 7) is 2.06. The number of hydrogen-bond acceptors (Lipinski definition) is 3. The number of nitrogens with one attached hydrogen (secondary N) is 1. The fraction of sp³-hybridized carbons (Fsp3) is 0.562. The second kappa shape index (κ2) is 5.44. The van der Waals surface area contributed by atoms with Crippen LogP contribution < -0.4 is 11.1 Å². The van der Waals surface area contributed by atoms with Crippen molar-refractivity contribution >= 4 is 11.6 Å². The monoisotopic (exact) mass is 274 g/mol. The van der Waals surface area contributed by atoms with Crippen LogP contribution in [0.1, 0.15) is 31.2 Å². The fourth-order valence-electron chi connectivity index (χ4n) is 2.51. The Morgan fingerprint density at radius 2 is 2.00 bits per heavy atom. The molecule has 0 unspecified atom stereocenters. The minimum absolute atomic E-state index is 0.122. The lowest BCUT2D eigenvalue weighted by atomic mass is 9.95. The molecule has 0 atom stereocenters. The van der Waals surface area contributed by atoms with E-state index in [9.17, 15) is 4.79 Å². The molecule has 0 spiro atoms. The van der Waals surface area contributed by atoms with Crippen molar-refractivity contribution in [2.75, 3.05) is 25.5 Å². The van der Waals surface area contributed by atoms with Crippen LogP contribution in [0.5, 0.6) is 0 Å². The number of rotatable bonds is 7. The molecule has 0 aromatic heterocycles. The third kappa shape index (κ3) is 2.96. The van der Waals surface area contributed by atoms with Crippen LogP contribution in [-0.4, -0.2) is 25.7 Å². The molecule has 4 nitrogen and oxygen atoms in total. The van der Waals surface area contributed by atoms with E-state index in [0.717, 1.165) is 36.6 Å². The summed E-state index contributed by atoms with van der Waals surface area (Å²) in [6.07, 6.45) is 4.44. The molecule has 1 aromatic rings. The van der Waals surface area contributed by atoms with Gasteiger partial charge in [0.05, 0.1) is 12.0 Å². The Kier molecular flexibility index (Phi) is 3.66. The van der Waals surface area contributed by atoms with Crippen molar-refractivity contribution in [3.63, 3.8) is 0 Å². The molecule has 0 saturated heterocycles. The van der Waals surface area contributed by atoms with E-state index in [-0.39, 0.29) is 11.3 Å². The molecular formula is C16H22N2O2. The molecule has 1 aromatic carbocycles. The highest BCUT2D eigenvalue weighted by molar-refractivity contribution is 5.91. The minimum atomic E-state index is -0.315. The predicted molar refractivity (Wildman–Crippen MR) is 78.3 cm³/mol. The lowest BCUT2D eigenvalue weighted by Crippen LogP contribution is -2.36. The van der Waals surface area contributed by atoms with Crippen LogP contribution in [-0.2, 0) is 14.9 Å². The van der Waals surface area contributed by atoms with E-state index in [0.29, 0.717) is 13.2 Å². The van der Waals surface area contributed by atoms with Crippen molar-refractivity contribution in [2.45, 2.75) is 31.1 Å². The normalized spacial score (nSPS) is 19.6. The smallest absolute Gasteiger partial charge is 0.230 e. The number of benzene rings is 1. The average Bonchev–Trinajstić information content (AvgIpc) is 3.33. The van der Waals surface area contributed by atoms with Gasteiger partial charge in [-0.05, 0) is 49.3 Å². The van der Waals surface area contributed by atoms with Crippen LogP contribution in [0.4, 0.5) is 5.69 Å². The van der Waals surface area contributed by atoms with Crippen LogP contribution in [0.25, 0.3) is 0 Å². The Bertz CT molecular complexity index is 476. The Labute approximate surface area is 119 Å². The first kappa shape index (κ1) is 13.4. The van der Waals surface area contributed by atoms with Crippen LogP contribution in [0.3, 0.4) is 0 Å². The van der Waals surface area contributed by atoms with E-state index in [1.807, 2.05) is 24.3 Å². The topological polar surface area (TPSA) is 64.4 Å².